The molecule has 0 amide bonds. The number of rotatable bonds is 7. The Morgan fingerprint density at radius 2 is 1.97 bits per heavy atom. The van der Waals surface area contributed by atoms with Gasteiger partial charge in [0.1, 0.15) is 18.1 Å². The van der Waals surface area contributed by atoms with E-state index in [-0.39, 0.29) is 23.4 Å². The fourth-order valence-corrected chi connectivity index (χ4v) is 3.44. The largest absolute Gasteiger partial charge is 0.497 e. The topological polar surface area (TPSA) is 92.9 Å². The zero-order valence-electron chi connectivity index (χ0n) is 15.8. The standard InChI is InChI=1S/C20H18N2O6S/c1-24-12-7-8-15(25-2)13(9-12)14(23)11-29-20-22-21-19(28-20)18-10-26-16-5-3-4-6-17(16)27-18/h3-9,18H,10-11H2,1-2H3/t18-/m1/s1. The maximum atomic E-state index is 12.6. The van der Waals surface area contributed by atoms with E-state index >= 15 is 0 Å². The van der Waals surface area contributed by atoms with Gasteiger partial charge in [0.05, 0.1) is 25.5 Å². The third-order valence-corrected chi connectivity index (χ3v) is 5.06. The van der Waals surface area contributed by atoms with Crippen molar-refractivity contribution in [2.24, 2.45) is 0 Å². The predicted octanol–water partition coefficient (Wildman–Crippen LogP) is 3.57. The van der Waals surface area contributed by atoms with E-state index in [9.17, 15) is 4.79 Å². The van der Waals surface area contributed by atoms with E-state index in [1.54, 1.807) is 25.3 Å². The molecule has 3 aromatic rings. The van der Waals surface area contributed by atoms with Crippen molar-refractivity contribution in [2.75, 3.05) is 26.6 Å². The van der Waals surface area contributed by atoms with E-state index in [0.717, 1.165) is 11.8 Å². The number of ketones is 1. The number of fused-ring (bicyclic) bond motifs is 1. The third kappa shape index (κ3) is 4.14. The van der Waals surface area contributed by atoms with E-state index in [1.807, 2.05) is 24.3 Å². The summed E-state index contributed by atoms with van der Waals surface area (Å²) in [6.45, 7) is 0.267. The molecule has 1 aromatic heterocycles. The highest BCUT2D eigenvalue weighted by molar-refractivity contribution is 7.99. The van der Waals surface area contributed by atoms with Crippen LogP contribution in [0.1, 0.15) is 22.4 Å². The van der Waals surface area contributed by atoms with Crippen molar-refractivity contribution in [1.29, 1.82) is 0 Å². The molecule has 2 heterocycles. The Hall–Kier alpha value is -3.20. The van der Waals surface area contributed by atoms with Crippen molar-refractivity contribution >= 4 is 17.5 Å². The summed E-state index contributed by atoms with van der Waals surface area (Å²) in [5.74, 6) is 2.62. The maximum Gasteiger partial charge on any atom is 0.277 e. The van der Waals surface area contributed by atoms with Crippen LogP contribution in [0.5, 0.6) is 23.0 Å². The first-order valence-corrected chi connectivity index (χ1v) is 9.76. The number of para-hydroxylation sites is 2. The average Bonchev–Trinajstić information content (AvgIpc) is 3.25. The van der Waals surface area contributed by atoms with Crippen LogP contribution >= 0.6 is 11.8 Å². The summed E-state index contributed by atoms with van der Waals surface area (Å²) in [7, 11) is 3.06. The van der Waals surface area contributed by atoms with Crippen LogP contribution in [0.3, 0.4) is 0 Å². The molecule has 0 aliphatic carbocycles. The molecule has 0 radical (unpaired) electrons. The highest BCUT2D eigenvalue weighted by Gasteiger charge is 2.27. The van der Waals surface area contributed by atoms with Gasteiger partial charge in [0.15, 0.2) is 17.3 Å². The molecule has 0 spiro atoms. The van der Waals surface area contributed by atoms with E-state index in [0.29, 0.717) is 34.5 Å². The molecule has 1 aliphatic rings. The summed E-state index contributed by atoms with van der Waals surface area (Å²) in [5.41, 5.74) is 0.430. The molecule has 1 atom stereocenters. The van der Waals surface area contributed by atoms with Gasteiger partial charge >= 0.3 is 0 Å². The number of carbonyl (C=O) groups excluding carboxylic acids is 1. The minimum atomic E-state index is -0.499. The Balaban J connectivity index is 1.41. The molecule has 0 saturated carbocycles. The van der Waals surface area contributed by atoms with Crippen LogP contribution in [0.4, 0.5) is 0 Å². The average molecular weight is 414 g/mol. The third-order valence-electron chi connectivity index (χ3n) is 4.24. The first-order valence-electron chi connectivity index (χ1n) is 8.78. The van der Waals surface area contributed by atoms with Gasteiger partial charge in [-0.05, 0) is 30.3 Å². The zero-order valence-corrected chi connectivity index (χ0v) is 16.6. The number of hydrogen-bond acceptors (Lipinski definition) is 9. The van der Waals surface area contributed by atoms with Crippen molar-refractivity contribution in [3.63, 3.8) is 0 Å². The minimum absolute atomic E-state index is 0.107. The molecule has 2 aromatic carbocycles. The van der Waals surface area contributed by atoms with E-state index in [1.165, 1.54) is 7.11 Å². The second-order valence-corrected chi connectivity index (χ2v) is 6.98. The maximum absolute atomic E-state index is 12.6. The second kappa shape index (κ2) is 8.44. The Kier molecular flexibility index (Phi) is 5.57. The summed E-state index contributed by atoms with van der Waals surface area (Å²) in [4.78, 5) is 12.6. The Labute approximate surface area is 171 Å². The van der Waals surface area contributed by atoms with E-state index in [4.69, 9.17) is 23.4 Å². The highest BCUT2D eigenvalue weighted by Crippen LogP contribution is 2.36. The van der Waals surface area contributed by atoms with Crippen molar-refractivity contribution in [2.45, 2.75) is 11.3 Å². The van der Waals surface area contributed by atoms with Gasteiger partial charge < -0.3 is 23.4 Å². The van der Waals surface area contributed by atoms with Gasteiger partial charge in [0.2, 0.25) is 6.10 Å². The summed E-state index contributed by atoms with van der Waals surface area (Å²) in [5, 5.41) is 8.29. The van der Waals surface area contributed by atoms with Crippen LogP contribution in [0.15, 0.2) is 52.1 Å². The van der Waals surface area contributed by atoms with Crippen LogP contribution in [0.25, 0.3) is 0 Å². The zero-order chi connectivity index (χ0) is 20.2. The van der Waals surface area contributed by atoms with Gasteiger partial charge in [-0.2, -0.15) is 0 Å². The molecular formula is C20H18N2O6S. The molecule has 0 fully saturated rings. The first kappa shape index (κ1) is 19.1. The number of thioether (sulfide) groups is 1. The lowest BCUT2D eigenvalue weighted by molar-refractivity contribution is 0.0686. The highest BCUT2D eigenvalue weighted by atomic mass is 32.2. The number of hydrogen-bond donors (Lipinski definition) is 0. The molecule has 150 valence electrons. The number of ether oxygens (including phenoxy) is 4. The molecule has 0 bridgehead atoms. The smallest absolute Gasteiger partial charge is 0.277 e. The van der Waals surface area contributed by atoms with E-state index in [2.05, 4.69) is 10.2 Å². The number of methoxy groups -OCH3 is 2. The molecule has 29 heavy (non-hydrogen) atoms. The minimum Gasteiger partial charge on any atom is -0.497 e. The Bertz CT molecular complexity index is 1020. The van der Waals surface area contributed by atoms with Crippen molar-refractivity contribution in [3.05, 3.63) is 53.9 Å². The fraction of sp³-hybridized carbons (Fsp3) is 0.250. The molecule has 0 unspecified atom stereocenters. The summed E-state index contributed by atoms with van der Waals surface area (Å²) >= 11 is 1.14. The van der Waals surface area contributed by atoms with Crippen LogP contribution in [0, 0.1) is 0 Å². The van der Waals surface area contributed by atoms with Gasteiger partial charge in [-0.15, -0.1) is 10.2 Å². The SMILES string of the molecule is COc1ccc(OC)c(C(=O)CSc2nnc([C@H]3COc4ccccc4O3)o2)c1. The lowest BCUT2D eigenvalue weighted by Gasteiger charge is -2.23. The molecule has 4 rings (SSSR count). The number of carbonyl (C=O) groups is 1. The van der Waals surface area contributed by atoms with E-state index < -0.39 is 6.10 Å². The number of benzene rings is 2. The first-order chi connectivity index (χ1) is 14.2. The van der Waals surface area contributed by atoms with Gasteiger partial charge in [-0.3, -0.25) is 4.79 Å². The van der Waals surface area contributed by atoms with Crippen molar-refractivity contribution in [3.8, 4) is 23.0 Å². The normalized spacial score (nSPS) is 15.0. The Morgan fingerprint density at radius 3 is 2.76 bits per heavy atom. The molecular weight excluding hydrogens is 396 g/mol. The summed E-state index contributed by atoms with van der Waals surface area (Å²) in [6, 6.07) is 12.5. The Morgan fingerprint density at radius 1 is 1.14 bits per heavy atom. The molecule has 0 saturated heterocycles. The van der Waals surface area contributed by atoms with Crippen molar-refractivity contribution < 1.29 is 28.2 Å². The van der Waals surface area contributed by atoms with Gasteiger partial charge in [-0.25, -0.2) is 0 Å². The van der Waals surface area contributed by atoms with Crippen LogP contribution in [0.2, 0.25) is 0 Å². The van der Waals surface area contributed by atoms with Crippen molar-refractivity contribution in [1.82, 2.24) is 10.2 Å². The van der Waals surface area contributed by atoms with Gasteiger partial charge in [0.25, 0.3) is 11.1 Å². The molecule has 0 N–H and O–H groups in total. The lowest BCUT2D eigenvalue weighted by Crippen LogP contribution is -2.21. The van der Waals surface area contributed by atoms with Crippen LogP contribution in [-0.4, -0.2) is 42.6 Å². The molecule has 8 nitrogen and oxygen atoms in total. The summed E-state index contributed by atoms with van der Waals surface area (Å²) < 4.78 is 27.6. The van der Waals surface area contributed by atoms with Gasteiger partial charge in [0, 0.05) is 0 Å². The lowest BCUT2D eigenvalue weighted by atomic mass is 10.1. The summed E-state index contributed by atoms with van der Waals surface area (Å²) in [6.07, 6.45) is -0.499. The van der Waals surface area contributed by atoms with Crippen LogP contribution < -0.4 is 18.9 Å². The van der Waals surface area contributed by atoms with Crippen LogP contribution in [-0.2, 0) is 0 Å². The van der Waals surface area contributed by atoms with Gasteiger partial charge in [-0.1, -0.05) is 23.9 Å². The predicted molar refractivity (Wildman–Crippen MR) is 104 cm³/mol. The monoisotopic (exact) mass is 414 g/mol. The molecule has 1 aliphatic heterocycles. The quantitative estimate of drug-likeness (QED) is 0.425. The number of aromatic nitrogens is 2. The number of Topliss-reactive ketones (excluding diaryl/α,β-unsaturated/α-hetero) is 1. The fourth-order valence-electron chi connectivity index (χ4n) is 2.79. The number of nitrogens with zero attached hydrogens (tertiary/aromatic N) is 2. The molecule has 9 heteroatoms. The second-order valence-electron chi connectivity index (χ2n) is 6.05.